The largest absolute Gasteiger partial charge is 0.466 e. The summed E-state index contributed by atoms with van der Waals surface area (Å²) in [4.78, 5) is 14.0. The van der Waals surface area contributed by atoms with Crippen LogP contribution >= 0.6 is 0 Å². The van der Waals surface area contributed by atoms with Crippen LogP contribution in [0, 0.1) is 5.92 Å². The van der Waals surface area contributed by atoms with Gasteiger partial charge in [-0.3, -0.25) is 9.69 Å². The van der Waals surface area contributed by atoms with E-state index in [-0.39, 0.29) is 11.9 Å². The lowest BCUT2D eigenvalue weighted by atomic mass is 9.95. The first-order chi connectivity index (χ1) is 8.63. The van der Waals surface area contributed by atoms with Gasteiger partial charge in [-0.05, 0) is 39.2 Å². The molecule has 4 heteroatoms. The fourth-order valence-corrected chi connectivity index (χ4v) is 3.26. The van der Waals surface area contributed by atoms with E-state index in [2.05, 4.69) is 4.90 Å². The number of ether oxygens (including phenoxy) is 1. The summed E-state index contributed by atoms with van der Waals surface area (Å²) in [5.41, 5.74) is -0.503. The highest BCUT2D eigenvalue weighted by molar-refractivity contribution is 5.72. The van der Waals surface area contributed by atoms with Gasteiger partial charge in [0.05, 0.1) is 18.1 Å². The van der Waals surface area contributed by atoms with Crippen LogP contribution in [0.25, 0.3) is 0 Å². The van der Waals surface area contributed by atoms with Crippen molar-refractivity contribution in [3.63, 3.8) is 0 Å². The van der Waals surface area contributed by atoms with Gasteiger partial charge in [0, 0.05) is 13.1 Å². The van der Waals surface area contributed by atoms with Gasteiger partial charge < -0.3 is 9.84 Å². The lowest BCUT2D eigenvalue weighted by molar-refractivity contribution is -0.150. The molecule has 1 saturated heterocycles. The van der Waals surface area contributed by atoms with Crippen molar-refractivity contribution in [2.24, 2.45) is 5.92 Å². The molecule has 2 rings (SSSR count). The third-order valence-corrected chi connectivity index (χ3v) is 4.18. The van der Waals surface area contributed by atoms with E-state index < -0.39 is 5.60 Å². The molecule has 0 aromatic rings. The maximum atomic E-state index is 11.7. The molecule has 0 spiro atoms. The summed E-state index contributed by atoms with van der Waals surface area (Å²) in [5, 5.41) is 10.4. The molecule has 1 atom stereocenters. The topological polar surface area (TPSA) is 49.8 Å². The third-order valence-electron chi connectivity index (χ3n) is 4.18. The molecule has 1 heterocycles. The maximum absolute atomic E-state index is 11.7. The van der Waals surface area contributed by atoms with Gasteiger partial charge in [-0.25, -0.2) is 0 Å². The van der Waals surface area contributed by atoms with E-state index in [1.165, 1.54) is 0 Å². The van der Waals surface area contributed by atoms with E-state index in [1.54, 1.807) is 0 Å². The Morgan fingerprint density at radius 1 is 1.39 bits per heavy atom. The first-order valence-electron chi connectivity index (χ1n) is 7.24. The standard InChI is InChI=1S/C14H25NO3/c1-2-18-13(16)12-6-5-9-15(10-12)11-14(17)7-3-4-8-14/h12,17H,2-11H2,1H3/t12-/m1/s1. The number of β-amino-alcohol motifs (C(OH)–C–C–N with tert-alkyl or cyclic N) is 1. The quantitative estimate of drug-likeness (QED) is 0.775. The van der Waals surface area contributed by atoms with Crippen molar-refractivity contribution in [3.05, 3.63) is 0 Å². The number of hydrogen-bond donors (Lipinski definition) is 1. The summed E-state index contributed by atoms with van der Waals surface area (Å²) in [6.07, 6.45) is 6.03. The number of carbonyl (C=O) groups excluding carboxylic acids is 1. The second kappa shape index (κ2) is 6.02. The van der Waals surface area contributed by atoms with Crippen molar-refractivity contribution in [2.75, 3.05) is 26.2 Å². The molecule has 4 nitrogen and oxygen atoms in total. The van der Waals surface area contributed by atoms with E-state index in [1.807, 2.05) is 6.92 Å². The fourth-order valence-electron chi connectivity index (χ4n) is 3.26. The number of likely N-dealkylation sites (tertiary alicyclic amines) is 1. The smallest absolute Gasteiger partial charge is 0.310 e. The normalized spacial score (nSPS) is 28.2. The number of aliphatic hydroxyl groups is 1. The monoisotopic (exact) mass is 255 g/mol. The number of piperidine rings is 1. The average Bonchev–Trinajstić information content (AvgIpc) is 2.76. The number of carbonyl (C=O) groups is 1. The Labute approximate surface area is 109 Å². The predicted octanol–water partition coefficient (Wildman–Crippen LogP) is 1.57. The molecule has 104 valence electrons. The van der Waals surface area contributed by atoms with Gasteiger partial charge >= 0.3 is 5.97 Å². The highest BCUT2D eigenvalue weighted by atomic mass is 16.5. The Morgan fingerprint density at radius 3 is 2.78 bits per heavy atom. The molecule has 0 unspecified atom stereocenters. The average molecular weight is 255 g/mol. The van der Waals surface area contributed by atoms with Crippen LogP contribution < -0.4 is 0 Å². The molecule has 18 heavy (non-hydrogen) atoms. The first-order valence-corrected chi connectivity index (χ1v) is 7.24. The van der Waals surface area contributed by atoms with E-state index in [0.717, 1.165) is 58.2 Å². The molecular weight excluding hydrogens is 230 g/mol. The van der Waals surface area contributed by atoms with Crippen molar-refractivity contribution in [1.82, 2.24) is 4.90 Å². The van der Waals surface area contributed by atoms with Crippen LogP contribution in [0.4, 0.5) is 0 Å². The van der Waals surface area contributed by atoms with Crippen LogP contribution in [0.5, 0.6) is 0 Å². The Hall–Kier alpha value is -0.610. The summed E-state index contributed by atoms with van der Waals surface area (Å²) in [7, 11) is 0. The van der Waals surface area contributed by atoms with Crippen molar-refractivity contribution in [3.8, 4) is 0 Å². The van der Waals surface area contributed by atoms with Crippen LogP contribution in [0.2, 0.25) is 0 Å². The van der Waals surface area contributed by atoms with Crippen LogP contribution in [-0.2, 0) is 9.53 Å². The van der Waals surface area contributed by atoms with Crippen molar-refractivity contribution in [2.45, 2.75) is 51.0 Å². The Kier molecular flexibility index (Phi) is 4.62. The van der Waals surface area contributed by atoms with Crippen LogP contribution in [0.3, 0.4) is 0 Å². The Balaban J connectivity index is 1.84. The van der Waals surface area contributed by atoms with E-state index >= 15 is 0 Å². The van der Waals surface area contributed by atoms with Gasteiger partial charge in [0.25, 0.3) is 0 Å². The van der Waals surface area contributed by atoms with Crippen molar-refractivity contribution < 1.29 is 14.6 Å². The molecule has 1 aliphatic carbocycles. The number of esters is 1. The third kappa shape index (κ3) is 3.45. The van der Waals surface area contributed by atoms with Gasteiger partial charge in [0.1, 0.15) is 0 Å². The molecule has 0 bridgehead atoms. The van der Waals surface area contributed by atoms with Crippen LogP contribution in [-0.4, -0.2) is 47.8 Å². The zero-order chi connectivity index (χ0) is 13.0. The Morgan fingerprint density at radius 2 is 2.11 bits per heavy atom. The minimum atomic E-state index is -0.503. The van der Waals surface area contributed by atoms with Gasteiger partial charge in [-0.1, -0.05) is 12.8 Å². The summed E-state index contributed by atoms with van der Waals surface area (Å²) in [5.74, 6) is -0.0654. The van der Waals surface area contributed by atoms with Gasteiger partial charge in [0.15, 0.2) is 0 Å². The molecule has 2 aliphatic rings. The minimum Gasteiger partial charge on any atom is -0.466 e. The number of rotatable bonds is 4. The molecule has 0 radical (unpaired) electrons. The van der Waals surface area contributed by atoms with Crippen molar-refractivity contribution >= 4 is 5.97 Å². The maximum Gasteiger partial charge on any atom is 0.310 e. The highest BCUT2D eigenvalue weighted by Crippen LogP contribution is 2.31. The highest BCUT2D eigenvalue weighted by Gasteiger charge is 2.35. The molecular formula is C14H25NO3. The zero-order valence-corrected chi connectivity index (χ0v) is 11.4. The molecule has 1 saturated carbocycles. The van der Waals surface area contributed by atoms with Gasteiger partial charge in [-0.15, -0.1) is 0 Å². The fraction of sp³-hybridized carbons (Fsp3) is 0.929. The summed E-state index contributed by atoms with van der Waals surface area (Å²) >= 11 is 0. The summed E-state index contributed by atoms with van der Waals surface area (Å²) < 4.78 is 5.10. The SMILES string of the molecule is CCOC(=O)[C@@H]1CCCN(CC2(O)CCCC2)C1. The molecule has 0 aromatic heterocycles. The lowest BCUT2D eigenvalue weighted by Crippen LogP contribution is -2.47. The first kappa shape index (κ1) is 13.8. The van der Waals surface area contributed by atoms with E-state index in [9.17, 15) is 9.90 Å². The summed E-state index contributed by atoms with van der Waals surface area (Å²) in [6.45, 7) is 4.78. The lowest BCUT2D eigenvalue weighted by Gasteiger charge is -2.36. The molecule has 2 fully saturated rings. The summed E-state index contributed by atoms with van der Waals surface area (Å²) in [6, 6.07) is 0. The minimum absolute atomic E-state index is 0.00343. The van der Waals surface area contributed by atoms with Crippen LogP contribution in [0.15, 0.2) is 0 Å². The molecule has 0 amide bonds. The predicted molar refractivity (Wildman–Crippen MR) is 69.2 cm³/mol. The second-order valence-electron chi connectivity index (χ2n) is 5.76. The zero-order valence-electron chi connectivity index (χ0n) is 11.4. The van der Waals surface area contributed by atoms with Gasteiger partial charge in [-0.2, -0.15) is 0 Å². The van der Waals surface area contributed by atoms with E-state index in [4.69, 9.17) is 4.74 Å². The molecule has 1 aliphatic heterocycles. The number of hydrogen-bond acceptors (Lipinski definition) is 4. The Bertz CT molecular complexity index is 287. The van der Waals surface area contributed by atoms with E-state index in [0.29, 0.717) is 6.61 Å². The van der Waals surface area contributed by atoms with Gasteiger partial charge in [0.2, 0.25) is 0 Å². The van der Waals surface area contributed by atoms with Crippen LogP contribution in [0.1, 0.15) is 45.4 Å². The molecule has 1 N–H and O–H groups in total. The molecule has 0 aromatic carbocycles. The second-order valence-corrected chi connectivity index (χ2v) is 5.76. The number of nitrogens with zero attached hydrogens (tertiary/aromatic N) is 1. The van der Waals surface area contributed by atoms with Crippen molar-refractivity contribution in [1.29, 1.82) is 0 Å².